The third kappa shape index (κ3) is 4.26. The van der Waals surface area contributed by atoms with E-state index in [1.165, 1.54) is 19.3 Å². The van der Waals surface area contributed by atoms with E-state index in [9.17, 15) is 4.79 Å². The summed E-state index contributed by atoms with van der Waals surface area (Å²) in [6, 6.07) is 4.66. The number of anilines is 1. The van der Waals surface area contributed by atoms with Gasteiger partial charge in [0, 0.05) is 51.9 Å². The minimum atomic E-state index is 0.185. The number of likely N-dealkylation sites (N-methyl/N-ethyl adjacent to an activating group) is 1. The monoisotopic (exact) mass is 330 g/mol. The van der Waals surface area contributed by atoms with Crippen molar-refractivity contribution in [3.8, 4) is 0 Å². The Morgan fingerprint density at radius 1 is 1.17 bits per heavy atom. The average Bonchev–Trinajstić information content (AvgIpc) is 2.61. The van der Waals surface area contributed by atoms with Gasteiger partial charge in [-0.3, -0.25) is 4.79 Å². The van der Waals surface area contributed by atoms with Gasteiger partial charge in [-0.25, -0.2) is 4.98 Å². The first-order chi connectivity index (χ1) is 11.6. The molecule has 5 nitrogen and oxygen atoms in total. The van der Waals surface area contributed by atoms with Crippen LogP contribution in [-0.4, -0.2) is 60.0 Å². The van der Waals surface area contributed by atoms with Crippen LogP contribution in [0.1, 0.15) is 44.6 Å². The lowest BCUT2D eigenvalue weighted by atomic mass is 9.94. The molecule has 0 radical (unpaired) electrons. The summed E-state index contributed by atoms with van der Waals surface area (Å²) in [5.41, 5.74) is 1.13. The van der Waals surface area contributed by atoms with Crippen molar-refractivity contribution >= 4 is 11.7 Å². The Morgan fingerprint density at radius 2 is 1.88 bits per heavy atom. The van der Waals surface area contributed by atoms with Crippen molar-refractivity contribution in [2.75, 3.05) is 38.1 Å². The molecular formula is C19H30N4O. The molecular weight excluding hydrogens is 300 g/mol. The van der Waals surface area contributed by atoms with E-state index in [0.29, 0.717) is 12.6 Å². The molecule has 1 saturated carbocycles. The smallest absolute Gasteiger partial charge is 0.219 e. The van der Waals surface area contributed by atoms with Gasteiger partial charge in [-0.05, 0) is 31.5 Å². The molecule has 1 aliphatic carbocycles. The summed E-state index contributed by atoms with van der Waals surface area (Å²) >= 11 is 0. The fourth-order valence-electron chi connectivity index (χ4n) is 3.82. The molecule has 1 amide bonds. The summed E-state index contributed by atoms with van der Waals surface area (Å²) < 4.78 is 0. The van der Waals surface area contributed by atoms with Gasteiger partial charge in [-0.15, -0.1) is 0 Å². The van der Waals surface area contributed by atoms with E-state index < -0.39 is 0 Å². The highest BCUT2D eigenvalue weighted by Gasteiger charge is 2.23. The van der Waals surface area contributed by atoms with Crippen LogP contribution < -0.4 is 4.90 Å². The second kappa shape index (κ2) is 7.97. The molecule has 0 aromatic carbocycles. The Hall–Kier alpha value is -1.62. The normalized spacial score (nSPS) is 20.2. The van der Waals surface area contributed by atoms with E-state index in [2.05, 4.69) is 34.0 Å². The quantitative estimate of drug-likeness (QED) is 0.850. The maximum absolute atomic E-state index is 12.1. The van der Waals surface area contributed by atoms with E-state index in [1.54, 1.807) is 6.92 Å². The van der Waals surface area contributed by atoms with Crippen molar-refractivity contribution < 1.29 is 4.79 Å². The van der Waals surface area contributed by atoms with Gasteiger partial charge < -0.3 is 14.7 Å². The van der Waals surface area contributed by atoms with Crippen LogP contribution in [0.4, 0.5) is 5.82 Å². The molecule has 1 saturated heterocycles. The highest BCUT2D eigenvalue weighted by Crippen LogP contribution is 2.24. The molecule has 1 aliphatic heterocycles. The van der Waals surface area contributed by atoms with Crippen LogP contribution in [0.2, 0.25) is 0 Å². The maximum Gasteiger partial charge on any atom is 0.219 e. The summed E-state index contributed by atoms with van der Waals surface area (Å²) in [6.45, 7) is 6.62. The van der Waals surface area contributed by atoms with Gasteiger partial charge in [0.25, 0.3) is 0 Å². The van der Waals surface area contributed by atoms with E-state index >= 15 is 0 Å². The number of hydrogen-bond donors (Lipinski definition) is 0. The Balaban J connectivity index is 1.62. The van der Waals surface area contributed by atoms with Crippen LogP contribution in [-0.2, 0) is 11.3 Å². The van der Waals surface area contributed by atoms with Crippen LogP contribution >= 0.6 is 0 Å². The lowest BCUT2D eigenvalue weighted by Gasteiger charge is -2.34. The van der Waals surface area contributed by atoms with Crippen molar-refractivity contribution in [3.05, 3.63) is 23.9 Å². The number of carbonyl (C=O) groups is 1. The van der Waals surface area contributed by atoms with Gasteiger partial charge in [0.05, 0.1) is 0 Å². The Bertz CT molecular complexity index is 531. The first-order valence-corrected chi connectivity index (χ1v) is 9.29. The SMILES string of the molecule is CC(=O)N(Cc1ccc(N2CCN(C)CC2)nc1)C1CCCCC1. The second-order valence-corrected chi connectivity index (χ2v) is 7.25. The number of aromatic nitrogens is 1. The van der Waals surface area contributed by atoms with Crippen LogP contribution in [0.3, 0.4) is 0 Å². The fraction of sp³-hybridized carbons (Fsp3) is 0.684. The van der Waals surface area contributed by atoms with Crippen LogP contribution in [0.5, 0.6) is 0 Å². The van der Waals surface area contributed by atoms with Gasteiger partial charge in [-0.1, -0.05) is 25.3 Å². The predicted octanol–water partition coefficient (Wildman–Crippen LogP) is 2.51. The van der Waals surface area contributed by atoms with E-state index in [1.807, 2.05) is 11.1 Å². The van der Waals surface area contributed by atoms with E-state index in [0.717, 1.165) is 50.4 Å². The number of pyridine rings is 1. The summed E-state index contributed by atoms with van der Waals surface area (Å²) in [6.07, 6.45) is 8.04. The van der Waals surface area contributed by atoms with E-state index in [-0.39, 0.29) is 5.91 Å². The number of rotatable bonds is 4. The van der Waals surface area contributed by atoms with Crippen LogP contribution in [0.25, 0.3) is 0 Å². The van der Waals surface area contributed by atoms with Gasteiger partial charge in [-0.2, -0.15) is 0 Å². The summed E-state index contributed by atoms with van der Waals surface area (Å²) in [5.74, 6) is 1.24. The largest absolute Gasteiger partial charge is 0.354 e. The highest BCUT2D eigenvalue weighted by atomic mass is 16.2. The van der Waals surface area contributed by atoms with Crippen molar-refractivity contribution in [1.29, 1.82) is 0 Å². The molecule has 0 N–H and O–H groups in total. The average molecular weight is 330 g/mol. The Labute approximate surface area is 145 Å². The molecule has 1 aromatic rings. The molecule has 1 aromatic heterocycles. The molecule has 0 spiro atoms. The number of piperazine rings is 1. The minimum Gasteiger partial charge on any atom is -0.354 e. The lowest BCUT2D eigenvalue weighted by Crippen LogP contribution is -2.44. The molecule has 2 fully saturated rings. The first-order valence-electron chi connectivity index (χ1n) is 9.29. The Kier molecular flexibility index (Phi) is 5.72. The molecule has 2 aliphatic rings. The maximum atomic E-state index is 12.1. The summed E-state index contributed by atoms with van der Waals surface area (Å²) in [7, 11) is 2.16. The van der Waals surface area contributed by atoms with Gasteiger partial charge in [0.1, 0.15) is 5.82 Å². The molecule has 0 bridgehead atoms. The number of hydrogen-bond acceptors (Lipinski definition) is 4. The third-order valence-corrected chi connectivity index (χ3v) is 5.41. The minimum absolute atomic E-state index is 0.185. The Morgan fingerprint density at radius 3 is 2.46 bits per heavy atom. The molecule has 3 rings (SSSR count). The standard InChI is InChI=1S/C19H30N4O/c1-16(24)23(18-6-4-3-5-7-18)15-17-8-9-19(20-14-17)22-12-10-21(2)11-13-22/h8-9,14,18H,3-7,10-13,15H2,1-2H3. The van der Waals surface area contributed by atoms with Gasteiger partial charge >= 0.3 is 0 Å². The van der Waals surface area contributed by atoms with Crippen LogP contribution in [0, 0.1) is 0 Å². The van der Waals surface area contributed by atoms with Gasteiger partial charge in [0.15, 0.2) is 0 Å². The second-order valence-electron chi connectivity index (χ2n) is 7.25. The lowest BCUT2D eigenvalue weighted by molar-refractivity contribution is -0.132. The third-order valence-electron chi connectivity index (χ3n) is 5.41. The molecule has 0 unspecified atom stereocenters. The van der Waals surface area contributed by atoms with Crippen molar-refractivity contribution in [2.24, 2.45) is 0 Å². The summed E-state index contributed by atoms with van der Waals surface area (Å²) in [5, 5.41) is 0. The molecule has 5 heteroatoms. The number of nitrogens with zero attached hydrogens (tertiary/aromatic N) is 4. The molecule has 132 valence electrons. The van der Waals surface area contributed by atoms with Crippen molar-refractivity contribution in [3.63, 3.8) is 0 Å². The van der Waals surface area contributed by atoms with Crippen molar-refractivity contribution in [1.82, 2.24) is 14.8 Å². The van der Waals surface area contributed by atoms with Crippen LogP contribution in [0.15, 0.2) is 18.3 Å². The zero-order chi connectivity index (χ0) is 16.9. The molecule has 0 atom stereocenters. The fourth-order valence-corrected chi connectivity index (χ4v) is 3.82. The summed E-state index contributed by atoms with van der Waals surface area (Å²) in [4.78, 5) is 23.5. The topological polar surface area (TPSA) is 39.7 Å². The van der Waals surface area contributed by atoms with Crippen molar-refractivity contribution in [2.45, 2.75) is 51.6 Å². The molecule has 24 heavy (non-hydrogen) atoms. The predicted molar refractivity (Wildman–Crippen MR) is 97.0 cm³/mol. The number of carbonyl (C=O) groups excluding carboxylic acids is 1. The number of amides is 1. The highest BCUT2D eigenvalue weighted by molar-refractivity contribution is 5.73. The van der Waals surface area contributed by atoms with Gasteiger partial charge in [0.2, 0.25) is 5.91 Å². The molecule has 2 heterocycles. The zero-order valence-corrected chi connectivity index (χ0v) is 15.1. The first kappa shape index (κ1) is 17.2. The zero-order valence-electron chi connectivity index (χ0n) is 15.1. The van der Waals surface area contributed by atoms with E-state index in [4.69, 9.17) is 0 Å².